The van der Waals surface area contributed by atoms with E-state index in [-0.39, 0.29) is 11.1 Å². The van der Waals surface area contributed by atoms with E-state index in [2.05, 4.69) is 9.88 Å². The third kappa shape index (κ3) is 4.63. The van der Waals surface area contributed by atoms with Gasteiger partial charge in [-0.15, -0.1) is 11.3 Å². The maximum absolute atomic E-state index is 13.4. The molecule has 37 heavy (non-hydrogen) atoms. The summed E-state index contributed by atoms with van der Waals surface area (Å²) in [6, 6.07) is 15.1. The number of hydrogen-bond donors (Lipinski definition) is 0. The van der Waals surface area contributed by atoms with Gasteiger partial charge in [0.2, 0.25) is 0 Å². The average molecular weight is 538 g/mol. The lowest BCUT2D eigenvalue weighted by Gasteiger charge is -2.52. The molecule has 0 bridgehead atoms. The van der Waals surface area contributed by atoms with Crippen molar-refractivity contribution in [1.29, 1.82) is 0 Å². The third-order valence-corrected chi connectivity index (χ3v) is 8.76. The molecule has 0 atom stereocenters. The highest BCUT2D eigenvalue weighted by molar-refractivity contribution is 7.22. The Morgan fingerprint density at radius 1 is 1.11 bits per heavy atom. The van der Waals surface area contributed by atoms with Gasteiger partial charge in [-0.2, -0.15) is 0 Å². The summed E-state index contributed by atoms with van der Waals surface area (Å²) < 4.78 is 19.4. The van der Waals surface area contributed by atoms with Crippen LogP contribution in [0.25, 0.3) is 26.3 Å². The van der Waals surface area contributed by atoms with Gasteiger partial charge in [-0.05, 0) is 55.3 Å². The van der Waals surface area contributed by atoms with E-state index in [1.165, 1.54) is 30.6 Å². The van der Waals surface area contributed by atoms with Gasteiger partial charge in [0.05, 0.1) is 37.1 Å². The van der Waals surface area contributed by atoms with Gasteiger partial charge in [-0.1, -0.05) is 30.2 Å². The molecule has 6 rings (SSSR count). The van der Waals surface area contributed by atoms with Crippen molar-refractivity contribution in [3.8, 4) is 27.6 Å². The lowest BCUT2D eigenvalue weighted by molar-refractivity contribution is -0.157. The minimum Gasteiger partial charge on any atom is -0.493 e. The predicted octanol–water partition coefficient (Wildman–Crippen LogP) is 5.41. The second kappa shape index (κ2) is 10.1. The molecule has 7 nitrogen and oxygen atoms in total. The van der Waals surface area contributed by atoms with Gasteiger partial charge in [0.1, 0.15) is 17.6 Å². The topological polar surface area (TPSA) is 65.8 Å². The molecular formula is C28H28ClN3O4S. The fourth-order valence-electron chi connectivity index (χ4n) is 5.21. The maximum Gasteiger partial charge on any atom is 0.275 e. The van der Waals surface area contributed by atoms with Gasteiger partial charge < -0.3 is 14.2 Å². The van der Waals surface area contributed by atoms with Crippen molar-refractivity contribution in [2.24, 2.45) is 0 Å². The molecule has 2 saturated heterocycles. The van der Waals surface area contributed by atoms with Crippen molar-refractivity contribution in [2.75, 3.05) is 40.0 Å². The van der Waals surface area contributed by atoms with Crippen LogP contribution < -0.4 is 15.0 Å². The molecule has 4 heterocycles. The van der Waals surface area contributed by atoms with E-state index in [9.17, 15) is 4.79 Å². The van der Waals surface area contributed by atoms with E-state index < -0.39 is 0 Å². The molecule has 192 valence electrons. The zero-order chi connectivity index (χ0) is 25.4. The van der Waals surface area contributed by atoms with Crippen molar-refractivity contribution in [1.82, 2.24) is 14.5 Å². The Hall–Kier alpha value is -2.91. The van der Waals surface area contributed by atoms with Gasteiger partial charge in [0.15, 0.2) is 11.5 Å². The molecule has 0 N–H and O–H groups in total. The van der Waals surface area contributed by atoms with Crippen LogP contribution in [0.5, 0.6) is 11.5 Å². The van der Waals surface area contributed by atoms with Crippen LogP contribution in [0.3, 0.4) is 0 Å². The number of thiophene rings is 1. The molecule has 0 unspecified atom stereocenters. The molecule has 2 fully saturated rings. The summed E-state index contributed by atoms with van der Waals surface area (Å²) in [5.74, 6) is 1.24. The van der Waals surface area contributed by atoms with Gasteiger partial charge in [-0.3, -0.25) is 14.3 Å². The fraction of sp³-hybridized carbons (Fsp3) is 0.357. The zero-order valence-electron chi connectivity index (χ0n) is 20.6. The van der Waals surface area contributed by atoms with Crippen molar-refractivity contribution < 1.29 is 14.2 Å². The Labute approximate surface area is 224 Å². The predicted molar refractivity (Wildman–Crippen MR) is 147 cm³/mol. The number of aromatic nitrogens is 2. The summed E-state index contributed by atoms with van der Waals surface area (Å²) in [4.78, 5) is 21.4. The Balaban J connectivity index is 1.21. The number of halogens is 1. The summed E-state index contributed by atoms with van der Waals surface area (Å²) in [5.41, 5.74) is 2.44. The summed E-state index contributed by atoms with van der Waals surface area (Å²) in [6.07, 6.45) is 5.25. The first-order valence-corrected chi connectivity index (χ1v) is 13.7. The molecule has 2 aromatic heterocycles. The fourth-order valence-corrected chi connectivity index (χ4v) is 6.38. The van der Waals surface area contributed by atoms with Crippen LogP contribution in [-0.2, 0) is 4.74 Å². The number of rotatable bonds is 7. The van der Waals surface area contributed by atoms with Crippen LogP contribution >= 0.6 is 22.9 Å². The summed E-state index contributed by atoms with van der Waals surface area (Å²) >= 11 is 7.45. The number of methoxy groups -OCH3 is 1. The van der Waals surface area contributed by atoms with Crippen molar-refractivity contribution in [2.45, 2.75) is 24.8 Å². The molecule has 9 heteroatoms. The van der Waals surface area contributed by atoms with E-state index in [4.69, 9.17) is 25.8 Å². The third-order valence-electron chi connectivity index (χ3n) is 7.34. The number of nitrogens with zero attached hydrogens (tertiary/aromatic N) is 3. The largest absolute Gasteiger partial charge is 0.493 e. The molecule has 4 aromatic rings. The Morgan fingerprint density at radius 3 is 2.70 bits per heavy atom. The van der Waals surface area contributed by atoms with E-state index in [0.717, 1.165) is 36.7 Å². The Bertz CT molecular complexity index is 1480. The molecule has 2 aliphatic rings. The van der Waals surface area contributed by atoms with E-state index in [1.54, 1.807) is 18.0 Å². The molecule has 0 saturated carbocycles. The van der Waals surface area contributed by atoms with Crippen LogP contribution in [0.1, 0.15) is 19.3 Å². The number of piperidine rings is 1. The van der Waals surface area contributed by atoms with Crippen molar-refractivity contribution >= 4 is 33.2 Å². The number of fused-ring (bicyclic) bond motifs is 1. The standard InChI is InChI=1S/C28H28ClN3O4S/c1-34-24-14-21(8-9-23(24)36-13-12-31-11-3-2-10-28(31)16-35-17-28)32-18-30-22-15-25(37-26(22)27(32)33)19-4-6-20(29)7-5-19/h4-9,14-15,18H,2-3,10-13,16-17H2,1H3. The Morgan fingerprint density at radius 2 is 1.95 bits per heavy atom. The van der Waals surface area contributed by atoms with E-state index >= 15 is 0 Å². The van der Waals surface area contributed by atoms with Crippen LogP contribution in [0.15, 0.2) is 59.7 Å². The highest BCUT2D eigenvalue weighted by Crippen LogP contribution is 2.35. The normalized spacial score (nSPS) is 17.1. The highest BCUT2D eigenvalue weighted by atomic mass is 35.5. The van der Waals surface area contributed by atoms with Gasteiger partial charge in [0.25, 0.3) is 5.56 Å². The van der Waals surface area contributed by atoms with Gasteiger partial charge >= 0.3 is 0 Å². The van der Waals surface area contributed by atoms with E-state index in [0.29, 0.717) is 39.0 Å². The summed E-state index contributed by atoms with van der Waals surface area (Å²) in [5, 5.41) is 0.676. The molecule has 1 spiro atoms. The molecule has 2 aromatic carbocycles. The van der Waals surface area contributed by atoms with Crippen molar-refractivity contribution in [3.05, 3.63) is 70.2 Å². The lowest BCUT2D eigenvalue weighted by atomic mass is 9.85. The van der Waals surface area contributed by atoms with Crippen LogP contribution in [-0.4, -0.2) is 60.0 Å². The minimum atomic E-state index is -0.121. The van der Waals surface area contributed by atoms with Crippen LogP contribution in [0.2, 0.25) is 5.02 Å². The minimum absolute atomic E-state index is 0.121. The molecule has 0 radical (unpaired) electrons. The highest BCUT2D eigenvalue weighted by Gasteiger charge is 2.44. The van der Waals surface area contributed by atoms with Crippen LogP contribution in [0, 0.1) is 0 Å². The average Bonchev–Trinajstić information content (AvgIpc) is 3.34. The number of likely N-dealkylation sites (tertiary alicyclic amines) is 1. The smallest absolute Gasteiger partial charge is 0.275 e. The van der Waals surface area contributed by atoms with Gasteiger partial charge in [0, 0.05) is 22.5 Å². The monoisotopic (exact) mass is 537 g/mol. The molecule has 0 aliphatic carbocycles. The second-order valence-electron chi connectivity index (χ2n) is 9.60. The summed E-state index contributed by atoms with van der Waals surface area (Å²) in [6.45, 7) is 4.15. The number of hydrogen-bond acceptors (Lipinski definition) is 7. The SMILES string of the molecule is COc1cc(-n2cnc3cc(-c4ccc(Cl)cc4)sc3c2=O)ccc1OCCN1CCCCC12COC2. The lowest BCUT2D eigenvalue weighted by Crippen LogP contribution is -2.64. The van der Waals surface area contributed by atoms with Crippen LogP contribution in [0.4, 0.5) is 0 Å². The Kier molecular flexibility index (Phi) is 6.67. The maximum atomic E-state index is 13.4. The first-order valence-electron chi connectivity index (χ1n) is 12.5. The van der Waals surface area contributed by atoms with Gasteiger partial charge in [-0.25, -0.2) is 4.98 Å². The molecule has 2 aliphatic heterocycles. The number of benzene rings is 2. The second-order valence-corrected chi connectivity index (χ2v) is 11.1. The summed E-state index contributed by atoms with van der Waals surface area (Å²) in [7, 11) is 1.61. The van der Waals surface area contributed by atoms with Crippen molar-refractivity contribution in [3.63, 3.8) is 0 Å². The first kappa shape index (κ1) is 24.4. The molecule has 0 amide bonds. The quantitative estimate of drug-likeness (QED) is 0.314. The first-order chi connectivity index (χ1) is 18.1. The van der Waals surface area contributed by atoms with E-state index in [1.807, 2.05) is 48.5 Å². The zero-order valence-corrected chi connectivity index (χ0v) is 22.2. The molecular weight excluding hydrogens is 510 g/mol. The number of ether oxygens (including phenoxy) is 3.